The number of nitrogens with one attached hydrogen (secondary N) is 2. The van der Waals surface area contributed by atoms with Crippen molar-refractivity contribution >= 4 is 23.1 Å². The van der Waals surface area contributed by atoms with E-state index in [2.05, 4.69) is 46.3 Å². The van der Waals surface area contributed by atoms with Crippen molar-refractivity contribution < 1.29 is 23.4 Å². The largest absolute Gasteiger partial charge is 0.390 e. The topological polar surface area (TPSA) is 118 Å². The summed E-state index contributed by atoms with van der Waals surface area (Å²) >= 11 is 0. The van der Waals surface area contributed by atoms with Crippen molar-refractivity contribution in [3.63, 3.8) is 0 Å². The molecule has 0 saturated heterocycles. The van der Waals surface area contributed by atoms with Crippen molar-refractivity contribution in [3.8, 4) is 25.7 Å². The lowest BCUT2D eigenvalue weighted by Gasteiger charge is -2.34. The molecule has 0 bridgehead atoms. The summed E-state index contributed by atoms with van der Waals surface area (Å²) in [5.74, 6) is -2.59. The highest BCUT2D eigenvalue weighted by atomic mass is 19.3. The van der Waals surface area contributed by atoms with Crippen molar-refractivity contribution in [2.24, 2.45) is 7.05 Å². The Hall–Kier alpha value is -4.32. The third kappa shape index (κ3) is 8.10. The van der Waals surface area contributed by atoms with E-state index in [0.29, 0.717) is 54.1 Å². The zero-order valence-electron chi connectivity index (χ0n) is 23.8. The summed E-state index contributed by atoms with van der Waals surface area (Å²) in [6, 6.07) is 7.58. The van der Waals surface area contributed by atoms with E-state index < -0.39 is 18.1 Å². The average molecular weight is 570 g/mol. The van der Waals surface area contributed by atoms with Crippen molar-refractivity contribution in [3.05, 3.63) is 63.3 Å². The van der Waals surface area contributed by atoms with Crippen molar-refractivity contribution in [1.82, 2.24) is 19.9 Å². The van der Waals surface area contributed by atoms with Gasteiger partial charge in [-0.05, 0) is 37.5 Å². The molecule has 41 heavy (non-hydrogen) atoms. The van der Waals surface area contributed by atoms with Gasteiger partial charge in [-0.2, -0.15) is 8.78 Å². The number of aliphatic hydroxyl groups is 1. The predicted octanol–water partition coefficient (Wildman–Crippen LogP) is 3.61. The third-order valence-corrected chi connectivity index (χ3v) is 6.48. The van der Waals surface area contributed by atoms with Crippen LogP contribution >= 0.6 is 0 Å². The standard InChI is InChI=1S/C26H33F2N5O4.2C2H2/c1-5-9-25(37-4,10-11-29-16-35)21-13-20-22(24(36)33(21)3)31-17(2)32-23(20)30-14-18-7-6-8-19(12-18)26(27,28)15-34;2*1-2/h6-8,12-13,16,34H,5,9-11,14-15H2,1-4H3,(H,29,35)(H,30,31,32);2*1-2H/t25-;;/m0../s1. The van der Waals surface area contributed by atoms with Crippen LogP contribution in [0.3, 0.4) is 0 Å². The quantitative estimate of drug-likeness (QED) is 0.164. The molecule has 1 aromatic carbocycles. The number of aliphatic hydroxyl groups excluding tert-OH is 1. The number of hydrogen-bond acceptors (Lipinski definition) is 7. The molecule has 1 atom stereocenters. The van der Waals surface area contributed by atoms with Gasteiger partial charge in [-0.15, -0.1) is 25.7 Å². The van der Waals surface area contributed by atoms with Gasteiger partial charge in [-0.3, -0.25) is 9.59 Å². The van der Waals surface area contributed by atoms with Gasteiger partial charge in [0.05, 0.1) is 11.1 Å². The summed E-state index contributed by atoms with van der Waals surface area (Å²) in [5.41, 5.74) is -0.0824. The first-order chi connectivity index (χ1) is 19.6. The minimum Gasteiger partial charge on any atom is -0.390 e. The number of ether oxygens (including phenoxy) is 1. The maximum Gasteiger partial charge on any atom is 0.295 e. The molecule has 2 aromatic heterocycles. The number of methoxy groups -OCH3 is 1. The second-order valence-corrected chi connectivity index (χ2v) is 8.96. The molecule has 220 valence electrons. The van der Waals surface area contributed by atoms with E-state index in [-0.39, 0.29) is 23.2 Å². The predicted molar refractivity (Wildman–Crippen MR) is 156 cm³/mol. The number of benzene rings is 1. The third-order valence-electron chi connectivity index (χ3n) is 6.48. The van der Waals surface area contributed by atoms with E-state index in [0.717, 1.165) is 6.42 Å². The molecule has 0 radical (unpaired) electrons. The number of amides is 1. The molecule has 0 spiro atoms. The first kappa shape index (κ1) is 34.7. The number of rotatable bonds is 13. The van der Waals surface area contributed by atoms with Crippen LogP contribution in [0.25, 0.3) is 10.9 Å². The lowest BCUT2D eigenvalue weighted by Crippen LogP contribution is -2.38. The minimum atomic E-state index is -3.35. The molecule has 0 saturated carbocycles. The Balaban J connectivity index is 0.00000201. The van der Waals surface area contributed by atoms with Crippen molar-refractivity contribution in [2.45, 2.75) is 51.2 Å². The Morgan fingerprint density at radius 2 is 1.83 bits per heavy atom. The Morgan fingerprint density at radius 3 is 2.41 bits per heavy atom. The molecule has 3 N–H and O–H groups in total. The smallest absolute Gasteiger partial charge is 0.295 e. The normalized spacial score (nSPS) is 12.2. The number of anilines is 1. The van der Waals surface area contributed by atoms with Gasteiger partial charge in [0.2, 0.25) is 6.41 Å². The fraction of sp³-hybridized carbons (Fsp3) is 0.400. The average Bonchev–Trinajstić information content (AvgIpc) is 3.00. The number of alkyl halides is 2. The highest BCUT2D eigenvalue weighted by Gasteiger charge is 2.34. The number of halogens is 2. The Kier molecular flexibility index (Phi) is 13.6. The number of pyridine rings is 1. The van der Waals surface area contributed by atoms with Gasteiger partial charge >= 0.3 is 0 Å². The number of terminal acetylenes is 2. The van der Waals surface area contributed by atoms with Gasteiger partial charge in [0.25, 0.3) is 11.5 Å². The maximum atomic E-state index is 14.0. The van der Waals surface area contributed by atoms with Crippen LogP contribution < -0.4 is 16.2 Å². The van der Waals surface area contributed by atoms with Gasteiger partial charge in [-0.1, -0.05) is 31.5 Å². The van der Waals surface area contributed by atoms with Crippen LogP contribution in [0.15, 0.2) is 35.1 Å². The lowest BCUT2D eigenvalue weighted by molar-refractivity contribution is -0.110. The number of aromatic nitrogens is 3. The second-order valence-electron chi connectivity index (χ2n) is 8.96. The molecule has 3 rings (SSSR count). The van der Waals surface area contributed by atoms with Crippen LogP contribution in [0.1, 0.15) is 48.8 Å². The van der Waals surface area contributed by atoms with Crippen LogP contribution in [0.2, 0.25) is 0 Å². The van der Waals surface area contributed by atoms with E-state index in [1.54, 1.807) is 27.1 Å². The number of carbonyl (C=O) groups excluding carboxylic acids is 1. The number of fused-ring (bicyclic) bond motifs is 1. The Labute approximate surface area is 239 Å². The van der Waals surface area contributed by atoms with Gasteiger partial charge in [0, 0.05) is 32.8 Å². The molecule has 11 heteroatoms. The number of hydrogen-bond donors (Lipinski definition) is 3. The van der Waals surface area contributed by atoms with Crippen LogP contribution in [-0.4, -0.2) is 46.3 Å². The first-order valence-electron chi connectivity index (χ1n) is 12.7. The van der Waals surface area contributed by atoms with Crippen LogP contribution in [0.5, 0.6) is 0 Å². The molecule has 2 heterocycles. The van der Waals surface area contributed by atoms with E-state index in [1.165, 1.54) is 22.8 Å². The highest BCUT2D eigenvalue weighted by Crippen LogP contribution is 2.35. The summed E-state index contributed by atoms with van der Waals surface area (Å²) in [4.78, 5) is 33.1. The molecule has 0 aliphatic carbocycles. The van der Waals surface area contributed by atoms with Gasteiger partial charge in [-0.25, -0.2) is 9.97 Å². The Morgan fingerprint density at radius 1 is 1.15 bits per heavy atom. The van der Waals surface area contributed by atoms with Gasteiger partial charge in [0.1, 0.15) is 29.4 Å². The van der Waals surface area contributed by atoms with E-state index in [4.69, 9.17) is 9.84 Å². The van der Waals surface area contributed by atoms with E-state index in [9.17, 15) is 18.4 Å². The zero-order chi connectivity index (χ0) is 31.2. The monoisotopic (exact) mass is 569 g/mol. The van der Waals surface area contributed by atoms with Crippen LogP contribution in [-0.2, 0) is 34.6 Å². The van der Waals surface area contributed by atoms with Gasteiger partial charge < -0.3 is 25.0 Å². The molecule has 3 aromatic rings. The highest BCUT2D eigenvalue weighted by molar-refractivity contribution is 5.89. The second kappa shape index (κ2) is 16.1. The molecule has 1 amide bonds. The first-order valence-corrected chi connectivity index (χ1v) is 12.7. The minimum absolute atomic E-state index is 0.152. The van der Waals surface area contributed by atoms with E-state index in [1.807, 2.05) is 13.0 Å². The molecular formula is C30H37F2N5O4. The zero-order valence-corrected chi connectivity index (χ0v) is 23.8. The van der Waals surface area contributed by atoms with Gasteiger partial charge in [0.15, 0.2) is 0 Å². The number of carbonyl (C=O) groups is 1. The summed E-state index contributed by atoms with van der Waals surface area (Å²) in [5, 5.41) is 15.3. The summed E-state index contributed by atoms with van der Waals surface area (Å²) in [6.45, 7) is 2.90. The van der Waals surface area contributed by atoms with Crippen molar-refractivity contribution in [1.29, 1.82) is 0 Å². The molecule has 0 unspecified atom stereocenters. The molecule has 0 aliphatic heterocycles. The SMILES string of the molecule is C#C.C#C.CCC[C@@](CCNC=O)(OC)c1cc2c(NCc3cccc(C(F)(F)CO)c3)nc(C)nc2c(=O)n1C. The number of nitrogens with zero attached hydrogens (tertiary/aromatic N) is 3. The fourth-order valence-corrected chi connectivity index (χ4v) is 4.57. The van der Waals surface area contributed by atoms with Crippen LogP contribution in [0, 0.1) is 32.6 Å². The molecule has 0 aliphatic rings. The fourth-order valence-electron chi connectivity index (χ4n) is 4.57. The van der Waals surface area contributed by atoms with Crippen LogP contribution in [0.4, 0.5) is 14.6 Å². The summed E-state index contributed by atoms with van der Waals surface area (Å²) in [7, 11) is 3.23. The van der Waals surface area contributed by atoms with Crippen molar-refractivity contribution in [2.75, 3.05) is 25.6 Å². The molecule has 9 nitrogen and oxygen atoms in total. The maximum absolute atomic E-state index is 14.0. The Bertz CT molecular complexity index is 1400. The molecular weight excluding hydrogens is 532 g/mol. The number of aryl methyl sites for hydroxylation is 1. The lowest BCUT2D eigenvalue weighted by atomic mass is 9.88. The summed E-state index contributed by atoms with van der Waals surface area (Å²) in [6.07, 6.45) is 18.4. The summed E-state index contributed by atoms with van der Waals surface area (Å²) < 4.78 is 35.4. The molecule has 0 fully saturated rings. The van der Waals surface area contributed by atoms with E-state index >= 15 is 0 Å².